The van der Waals surface area contributed by atoms with Gasteiger partial charge in [0.2, 0.25) is 0 Å². The van der Waals surface area contributed by atoms with Gasteiger partial charge in [-0.25, -0.2) is 0 Å². The van der Waals surface area contributed by atoms with Crippen LogP contribution in [-0.2, 0) is 0 Å². The van der Waals surface area contributed by atoms with Gasteiger partial charge < -0.3 is 16.4 Å². The zero-order valence-electron chi connectivity index (χ0n) is 20.5. The van der Waals surface area contributed by atoms with Crippen LogP contribution in [0.1, 0.15) is 93.4 Å². The molecule has 0 aromatic carbocycles. The van der Waals surface area contributed by atoms with Crippen LogP contribution >= 0.6 is 0 Å². The van der Waals surface area contributed by atoms with Crippen molar-refractivity contribution in [1.82, 2.24) is 10.6 Å². The third kappa shape index (κ3) is 6.17. The Morgan fingerprint density at radius 3 is 2.52 bits per heavy atom. The molecule has 29 heavy (non-hydrogen) atoms. The molecule has 3 heteroatoms. The van der Waals surface area contributed by atoms with Crippen LogP contribution < -0.4 is 16.4 Å². The first-order valence-corrected chi connectivity index (χ1v) is 12.3. The summed E-state index contributed by atoms with van der Waals surface area (Å²) in [5, 5.41) is 7.81. The fourth-order valence-corrected chi connectivity index (χ4v) is 5.77. The van der Waals surface area contributed by atoms with Crippen LogP contribution in [0, 0.1) is 35.0 Å². The molecule has 3 nitrogen and oxygen atoms in total. The van der Waals surface area contributed by atoms with E-state index in [0.29, 0.717) is 23.8 Å². The van der Waals surface area contributed by atoms with Gasteiger partial charge >= 0.3 is 0 Å². The van der Waals surface area contributed by atoms with Gasteiger partial charge in [-0.15, -0.1) is 0 Å². The molecule has 2 fully saturated rings. The van der Waals surface area contributed by atoms with Crippen molar-refractivity contribution in [2.75, 3.05) is 13.1 Å². The van der Waals surface area contributed by atoms with Gasteiger partial charge in [-0.05, 0) is 82.2 Å². The monoisotopic (exact) mass is 404 g/mol. The lowest BCUT2D eigenvalue weighted by atomic mass is 9.73. The van der Waals surface area contributed by atoms with Crippen molar-refractivity contribution in [2.45, 2.75) is 105 Å². The fourth-order valence-electron chi connectivity index (χ4n) is 5.77. The van der Waals surface area contributed by atoms with Crippen LogP contribution in [0.4, 0.5) is 0 Å². The quantitative estimate of drug-likeness (QED) is 0.434. The van der Waals surface area contributed by atoms with E-state index in [1.807, 2.05) is 0 Å². The molecule has 168 valence electrons. The molecule has 2 saturated carbocycles. The number of nitrogens with one attached hydrogen (secondary N) is 2. The molecule has 0 amide bonds. The second-order valence-electron chi connectivity index (χ2n) is 11.4. The highest BCUT2D eigenvalue weighted by Crippen LogP contribution is 2.52. The summed E-state index contributed by atoms with van der Waals surface area (Å²) in [5.74, 6) is 4.43. The Bertz CT molecular complexity index is 526. The summed E-state index contributed by atoms with van der Waals surface area (Å²) in [6.45, 7) is 23.0. The number of rotatable bonds is 9. The summed E-state index contributed by atoms with van der Waals surface area (Å²) in [6.07, 6.45) is 8.85. The Morgan fingerprint density at radius 1 is 1.24 bits per heavy atom. The van der Waals surface area contributed by atoms with E-state index in [1.165, 1.54) is 50.6 Å². The van der Waals surface area contributed by atoms with Crippen molar-refractivity contribution in [3.63, 3.8) is 0 Å². The van der Waals surface area contributed by atoms with E-state index in [4.69, 9.17) is 5.73 Å². The van der Waals surface area contributed by atoms with Crippen molar-refractivity contribution >= 4 is 0 Å². The predicted molar refractivity (Wildman–Crippen MR) is 128 cm³/mol. The SMILES string of the molecule is C=C(NC1C[C+](C(C)C)CCCC(C)CC1(C)C)C1(NCC)CC1CC(C)CN. The first-order valence-electron chi connectivity index (χ1n) is 12.3. The zero-order valence-corrected chi connectivity index (χ0v) is 20.5. The van der Waals surface area contributed by atoms with Gasteiger partial charge in [0.05, 0.1) is 29.8 Å². The van der Waals surface area contributed by atoms with E-state index >= 15 is 0 Å². The minimum absolute atomic E-state index is 0.0658. The molecule has 4 N–H and O–H groups in total. The summed E-state index contributed by atoms with van der Waals surface area (Å²) in [4.78, 5) is 0. The van der Waals surface area contributed by atoms with Gasteiger partial charge in [-0.1, -0.05) is 41.2 Å². The Morgan fingerprint density at radius 2 is 1.93 bits per heavy atom. The molecule has 0 bridgehead atoms. The average Bonchev–Trinajstić information content (AvgIpc) is 3.31. The van der Waals surface area contributed by atoms with Crippen molar-refractivity contribution in [3.05, 3.63) is 18.2 Å². The molecule has 0 aliphatic heterocycles. The van der Waals surface area contributed by atoms with E-state index in [-0.39, 0.29) is 11.0 Å². The van der Waals surface area contributed by atoms with Crippen LogP contribution in [0.3, 0.4) is 0 Å². The molecule has 2 aliphatic carbocycles. The maximum Gasteiger partial charge on any atom is 0.111 e. The van der Waals surface area contributed by atoms with Gasteiger partial charge in [0.25, 0.3) is 0 Å². The maximum atomic E-state index is 5.91. The molecule has 0 aromatic rings. The fraction of sp³-hybridized carbons (Fsp3) is 0.885. The Balaban J connectivity index is 2.18. The van der Waals surface area contributed by atoms with Crippen molar-refractivity contribution in [2.24, 2.45) is 34.8 Å². The molecule has 0 radical (unpaired) electrons. The van der Waals surface area contributed by atoms with Crippen LogP contribution in [-0.4, -0.2) is 24.7 Å². The molecule has 0 heterocycles. The third-order valence-electron chi connectivity index (χ3n) is 7.87. The molecule has 5 unspecified atom stereocenters. The van der Waals surface area contributed by atoms with Crippen LogP contribution in [0.25, 0.3) is 0 Å². The molecule has 2 aliphatic rings. The lowest BCUT2D eigenvalue weighted by molar-refractivity contribution is 0.189. The van der Waals surface area contributed by atoms with Gasteiger partial charge in [0, 0.05) is 5.70 Å². The summed E-state index contributed by atoms with van der Waals surface area (Å²) >= 11 is 0. The minimum atomic E-state index is 0.0658. The molecular weight excluding hydrogens is 354 g/mol. The van der Waals surface area contributed by atoms with E-state index in [9.17, 15) is 0 Å². The van der Waals surface area contributed by atoms with E-state index in [0.717, 1.165) is 19.0 Å². The summed E-state index contributed by atoms with van der Waals surface area (Å²) in [6, 6.07) is 0.455. The van der Waals surface area contributed by atoms with Crippen molar-refractivity contribution < 1.29 is 0 Å². The smallest absolute Gasteiger partial charge is 0.111 e. The lowest BCUT2D eigenvalue weighted by Crippen LogP contribution is -2.49. The molecule has 2 rings (SSSR count). The molecular formula is C26H50N3+. The van der Waals surface area contributed by atoms with Gasteiger partial charge in [-0.3, -0.25) is 0 Å². The minimum Gasteiger partial charge on any atom is -0.380 e. The van der Waals surface area contributed by atoms with Crippen molar-refractivity contribution in [1.29, 1.82) is 0 Å². The van der Waals surface area contributed by atoms with E-state index in [1.54, 1.807) is 5.92 Å². The van der Waals surface area contributed by atoms with E-state index < -0.39 is 0 Å². The second-order valence-corrected chi connectivity index (χ2v) is 11.4. The number of hydrogen-bond donors (Lipinski definition) is 3. The second kappa shape index (κ2) is 10.1. The molecule has 0 saturated heterocycles. The number of hydrogen-bond acceptors (Lipinski definition) is 3. The Kier molecular flexibility index (Phi) is 8.56. The van der Waals surface area contributed by atoms with Crippen LogP contribution in [0.15, 0.2) is 12.3 Å². The van der Waals surface area contributed by atoms with Gasteiger partial charge in [0.15, 0.2) is 0 Å². The Labute approximate surface area is 182 Å². The zero-order chi connectivity index (χ0) is 21.8. The third-order valence-corrected chi connectivity index (χ3v) is 7.87. The predicted octanol–water partition coefficient (Wildman–Crippen LogP) is 5.67. The highest BCUT2D eigenvalue weighted by Gasteiger charge is 2.56. The van der Waals surface area contributed by atoms with Gasteiger partial charge in [0.1, 0.15) is 6.42 Å². The van der Waals surface area contributed by atoms with Crippen LogP contribution in [0.5, 0.6) is 0 Å². The first kappa shape index (κ1) is 24.6. The Hall–Kier alpha value is -0.670. The topological polar surface area (TPSA) is 50.1 Å². The van der Waals surface area contributed by atoms with Crippen molar-refractivity contribution in [3.8, 4) is 0 Å². The van der Waals surface area contributed by atoms with E-state index in [2.05, 4.69) is 65.7 Å². The van der Waals surface area contributed by atoms with Gasteiger partial charge in [-0.2, -0.15) is 0 Å². The standard InChI is InChI=1S/C26H50N3/c1-9-28-26(16-23(26)13-20(5)17-27)21(6)29-24-14-22(18(2)3)12-10-11-19(4)15-25(24,7)8/h18-20,23-24,28-29H,6,9-17,27H2,1-5,7-8H3/q+1. The molecule has 0 spiro atoms. The molecule has 0 aromatic heterocycles. The average molecular weight is 405 g/mol. The lowest BCUT2D eigenvalue weighted by Gasteiger charge is -2.38. The summed E-state index contributed by atoms with van der Waals surface area (Å²) < 4.78 is 0. The highest BCUT2D eigenvalue weighted by atomic mass is 15.1. The number of nitrogens with two attached hydrogens (primary N) is 1. The molecule has 5 atom stereocenters. The summed E-state index contributed by atoms with van der Waals surface area (Å²) in [5.41, 5.74) is 7.46. The largest absolute Gasteiger partial charge is 0.380 e. The maximum absolute atomic E-state index is 5.91. The highest BCUT2D eigenvalue weighted by molar-refractivity contribution is 5.30. The normalized spacial score (nSPS) is 33.6. The van der Waals surface area contributed by atoms with Crippen LogP contribution in [0.2, 0.25) is 0 Å². The summed E-state index contributed by atoms with van der Waals surface area (Å²) in [7, 11) is 0. The first-order chi connectivity index (χ1) is 13.6. The number of likely N-dealkylation sites (N-methyl/N-ethyl adjacent to an activating group) is 1.